The zero-order valence-electron chi connectivity index (χ0n) is 10.7. The molecule has 0 bridgehead atoms. The van der Waals surface area contributed by atoms with Gasteiger partial charge in [0, 0.05) is 17.8 Å². The SMILES string of the molecule is CCc1ccc(C(=O)NCC2CCCCC2Br)o1. The number of carbonyl (C=O) groups excluding carboxylic acids is 1. The summed E-state index contributed by atoms with van der Waals surface area (Å²) in [6.07, 6.45) is 5.77. The quantitative estimate of drug-likeness (QED) is 0.864. The molecule has 0 aliphatic heterocycles. The van der Waals surface area contributed by atoms with Crippen LogP contribution in [0.15, 0.2) is 16.5 Å². The number of hydrogen-bond donors (Lipinski definition) is 1. The highest BCUT2D eigenvalue weighted by atomic mass is 79.9. The summed E-state index contributed by atoms with van der Waals surface area (Å²) >= 11 is 3.70. The number of nitrogens with one attached hydrogen (secondary N) is 1. The van der Waals surface area contributed by atoms with Gasteiger partial charge in [0.05, 0.1) is 0 Å². The van der Waals surface area contributed by atoms with Crippen molar-refractivity contribution < 1.29 is 9.21 Å². The number of furan rings is 1. The molecule has 0 saturated heterocycles. The number of rotatable bonds is 4. The monoisotopic (exact) mass is 313 g/mol. The van der Waals surface area contributed by atoms with E-state index in [2.05, 4.69) is 21.2 Å². The maximum Gasteiger partial charge on any atom is 0.287 e. The Hall–Kier alpha value is -0.770. The standard InChI is InChI=1S/C14H20BrNO2/c1-2-11-7-8-13(18-11)14(17)16-9-10-5-3-4-6-12(10)15/h7-8,10,12H,2-6,9H2,1H3,(H,16,17). The average Bonchev–Trinajstić information content (AvgIpc) is 2.86. The summed E-state index contributed by atoms with van der Waals surface area (Å²) in [5, 5.41) is 2.97. The van der Waals surface area contributed by atoms with E-state index in [-0.39, 0.29) is 5.91 Å². The third-order valence-electron chi connectivity index (χ3n) is 3.58. The molecule has 2 atom stereocenters. The van der Waals surface area contributed by atoms with Crippen molar-refractivity contribution in [2.24, 2.45) is 5.92 Å². The predicted octanol–water partition coefficient (Wildman–Crippen LogP) is 3.53. The first-order valence-electron chi connectivity index (χ1n) is 6.71. The number of alkyl halides is 1. The summed E-state index contributed by atoms with van der Waals surface area (Å²) in [6, 6.07) is 3.61. The minimum Gasteiger partial charge on any atom is -0.456 e. The van der Waals surface area contributed by atoms with Crippen molar-refractivity contribution in [2.75, 3.05) is 6.54 Å². The summed E-state index contributed by atoms with van der Waals surface area (Å²) < 4.78 is 5.44. The van der Waals surface area contributed by atoms with Gasteiger partial charge < -0.3 is 9.73 Å². The van der Waals surface area contributed by atoms with Gasteiger partial charge in [-0.2, -0.15) is 0 Å². The molecule has 4 heteroatoms. The fourth-order valence-corrected chi connectivity index (χ4v) is 3.17. The molecule has 1 aliphatic carbocycles. The van der Waals surface area contributed by atoms with Crippen LogP contribution in [0.5, 0.6) is 0 Å². The fraction of sp³-hybridized carbons (Fsp3) is 0.643. The highest BCUT2D eigenvalue weighted by Crippen LogP contribution is 2.29. The molecule has 1 fully saturated rings. The van der Waals surface area contributed by atoms with Gasteiger partial charge in [-0.25, -0.2) is 0 Å². The van der Waals surface area contributed by atoms with Gasteiger partial charge in [-0.1, -0.05) is 35.7 Å². The first-order valence-corrected chi connectivity index (χ1v) is 7.63. The van der Waals surface area contributed by atoms with Crippen molar-refractivity contribution >= 4 is 21.8 Å². The number of halogens is 1. The van der Waals surface area contributed by atoms with Crippen LogP contribution >= 0.6 is 15.9 Å². The molecule has 0 radical (unpaired) electrons. The lowest BCUT2D eigenvalue weighted by molar-refractivity contribution is 0.0915. The molecule has 0 spiro atoms. The van der Waals surface area contributed by atoms with Crippen LogP contribution in [0.4, 0.5) is 0 Å². The second kappa shape index (κ2) is 6.41. The van der Waals surface area contributed by atoms with Gasteiger partial charge in [-0.05, 0) is 30.9 Å². The number of aryl methyl sites for hydroxylation is 1. The van der Waals surface area contributed by atoms with E-state index in [1.165, 1.54) is 25.7 Å². The maximum absolute atomic E-state index is 11.9. The average molecular weight is 314 g/mol. The minimum atomic E-state index is -0.0972. The molecule has 1 aromatic rings. The first-order chi connectivity index (χ1) is 8.70. The molecule has 1 N–H and O–H groups in total. The van der Waals surface area contributed by atoms with E-state index in [4.69, 9.17) is 4.42 Å². The van der Waals surface area contributed by atoms with E-state index in [9.17, 15) is 4.79 Å². The molecule has 100 valence electrons. The van der Waals surface area contributed by atoms with E-state index in [0.717, 1.165) is 18.7 Å². The normalized spacial score (nSPS) is 23.9. The number of carbonyl (C=O) groups is 1. The molecule has 2 rings (SSSR count). The van der Waals surface area contributed by atoms with Crippen molar-refractivity contribution in [2.45, 2.75) is 43.9 Å². The van der Waals surface area contributed by atoms with Crippen molar-refractivity contribution in [1.82, 2.24) is 5.32 Å². The van der Waals surface area contributed by atoms with E-state index in [1.54, 1.807) is 6.07 Å². The van der Waals surface area contributed by atoms with Crippen molar-refractivity contribution in [3.8, 4) is 0 Å². The van der Waals surface area contributed by atoms with Gasteiger partial charge >= 0.3 is 0 Å². The largest absolute Gasteiger partial charge is 0.456 e. The number of hydrogen-bond acceptors (Lipinski definition) is 2. The van der Waals surface area contributed by atoms with Gasteiger partial charge in [-0.15, -0.1) is 0 Å². The highest BCUT2D eigenvalue weighted by Gasteiger charge is 2.23. The van der Waals surface area contributed by atoms with Crippen molar-refractivity contribution in [1.29, 1.82) is 0 Å². The summed E-state index contributed by atoms with van der Waals surface area (Å²) in [5.74, 6) is 1.73. The van der Waals surface area contributed by atoms with Crippen LogP contribution < -0.4 is 5.32 Å². The summed E-state index contributed by atoms with van der Waals surface area (Å²) in [5.41, 5.74) is 0. The third kappa shape index (κ3) is 3.37. The van der Waals surface area contributed by atoms with Crippen LogP contribution in [0.25, 0.3) is 0 Å². The Labute approximate surface area is 116 Å². The Balaban J connectivity index is 1.84. The number of amides is 1. The first kappa shape index (κ1) is 13.7. The molecule has 3 nitrogen and oxygen atoms in total. The third-order valence-corrected chi connectivity index (χ3v) is 4.78. The summed E-state index contributed by atoms with van der Waals surface area (Å²) in [6.45, 7) is 2.74. The lowest BCUT2D eigenvalue weighted by atomic mass is 9.89. The van der Waals surface area contributed by atoms with Crippen molar-refractivity contribution in [3.05, 3.63) is 23.7 Å². The second-order valence-corrected chi connectivity index (χ2v) is 6.07. The fourth-order valence-electron chi connectivity index (χ4n) is 2.39. The van der Waals surface area contributed by atoms with Crippen LogP contribution in [-0.4, -0.2) is 17.3 Å². The van der Waals surface area contributed by atoms with E-state index in [1.807, 2.05) is 13.0 Å². The van der Waals surface area contributed by atoms with Gasteiger partial charge in [0.1, 0.15) is 5.76 Å². The summed E-state index contributed by atoms with van der Waals surface area (Å²) in [4.78, 5) is 12.4. The van der Waals surface area contributed by atoms with Gasteiger partial charge in [-0.3, -0.25) is 4.79 Å². The lowest BCUT2D eigenvalue weighted by Gasteiger charge is -2.27. The Bertz CT molecular complexity index is 402. The van der Waals surface area contributed by atoms with Crippen LogP contribution in [-0.2, 0) is 6.42 Å². The van der Waals surface area contributed by atoms with Crippen LogP contribution in [0, 0.1) is 5.92 Å². The summed E-state index contributed by atoms with van der Waals surface area (Å²) in [7, 11) is 0. The molecule has 1 saturated carbocycles. The zero-order valence-corrected chi connectivity index (χ0v) is 12.3. The van der Waals surface area contributed by atoms with Crippen LogP contribution in [0.1, 0.15) is 48.9 Å². The minimum absolute atomic E-state index is 0.0972. The zero-order chi connectivity index (χ0) is 13.0. The topological polar surface area (TPSA) is 42.2 Å². The molecule has 1 aromatic heterocycles. The molecule has 1 heterocycles. The molecule has 1 aliphatic rings. The molecule has 1 amide bonds. The van der Waals surface area contributed by atoms with Crippen molar-refractivity contribution in [3.63, 3.8) is 0 Å². The van der Waals surface area contributed by atoms with E-state index >= 15 is 0 Å². The Morgan fingerprint density at radius 3 is 2.89 bits per heavy atom. The molecule has 2 unspecified atom stereocenters. The smallest absolute Gasteiger partial charge is 0.287 e. The highest BCUT2D eigenvalue weighted by molar-refractivity contribution is 9.09. The van der Waals surface area contributed by atoms with E-state index in [0.29, 0.717) is 16.5 Å². The maximum atomic E-state index is 11.9. The second-order valence-electron chi connectivity index (χ2n) is 4.89. The van der Waals surface area contributed by atoms with Gasteiger partial charge in [0.25, 0.3) is 5.91 Å². The molecular formula is C14H20BrNO2. The van der Waals surface area contributed by atoms with Gasteiger partial charge in [0.15, 0.2) is 5.76 Å². The molecule has 18 heavy (non-hydrogen) atoms. The Kier molecular flexibility index (Phi) is 4.87. The van der Waals surface area contributed by atoms with Crippen LogP contribution in [0.3, 0.4) is 0 Å². The van der Waals surface area contributed by atoms with Gasteiger partial charge in [0.2, 0.25) is 0 Å². The Morgan fingerprint density at radius 2 is 2.22 bits per heavy atom. The molecular weight excluding hydrogens is 294 g/mol. The lowest BCUT2D eigenvalue weighted by Crippen LogP contribution is -2.34. The molecule has 0 aromatic carbocycles. The predicted molar refractivity (Wildman–Crippen MR) is 75.1 cm³/mol. The Morgan fingerprint density at radius 1 is 1.44 bits per heavy atom. The van der Waals surface area contributed by atoms with E-state index < -0.39 is 0 Å². The van der Waals surface area contributed by atoms with Crippen LogP contribution in [0.2, 0.25) is 0 Å².